The zero-order valence-corrected chi connectivity index (χ0v) is 9.54. The van der Waals surface area contributed by atoms with Crippen molar-refractivity contribution in [1.29, 1.82) is 0 Å². The number of amides is 1. The summed E-state index contributed by atoms with van der Waals surface area (Å²) in [7, 11) is -3.05. The second kappa shape index (κ2) is 4.94. The molecule has 1 aromatic heterocycles. The predicted molar refractivity (Wildman–Crippen MR) is 55.1 cm³/mol. The van der Waals surface area contributed by atoms with Crippen molar-refractivity contribution in [2.45, 2.75) is 0 Å². The number of ether oxygens (including phenoxy) is 1. The SMILES string of the molecule is COC(=O)NS(=O)(=O)Nc1cc(Cl)ncn1. The highest BCUT2D eigenvalue weighted by atomic mass is 35.5. The monoisotopic (exact) mass is 266 g/mol. The minimum Gasteiger partial charge on any atom is -0.452 e. The van der Waals surface area contributed by atoms with E-state index in [0.717, 1.165) is 13.4 Å². The van der Waals surface area contributed by atoms with Gasteiger partial charge in [-0.25, -0.2) is 24.2 Å². The summed E-state index contributed by atoms with van der Waals surface area (Å²) in [4.78, 5) is 17.8. The van der Waals surface area contributed by atoms with Gasteiger partial charge in [-0.1, -0.05) is 11.6 Å². The highest BCUT2D eigenvalue weighted by molar-refractivity contribution is 7.91. The van der Waals surface area contributed by atoms with Crippen LogP contribution in [0.3, 0.4) is 0 Å². The Labute approximate surface area is 96.2 Å². The number of rotatable bonds is 3. The van der Waals surface area contributed by atoms with E-state index >= 15 is 0 Å². The van der Waals surface area contributed by atoms with Crippen molar-refractivity contribution in [3.63, 3.8) is 0 Å². The van der Waals surface area contributed by atoms with Crippen molar-refractivity contribution in [3.05, 3.63) is 17.5 Å². The van der Waals surface area contributed by atoms with Crippen molar-refractivity contribution in [2.75, 3.05) is 11.8 Å². The van der Waals surface area contributed by atoms with Gasteiger partial charge in [0, 0.05) is 6.07 Å². The van der Waals surface area contributed by atoms with Crippen LogP contribution in [0.15, 0.2) is 12.4 Å². The molecule has 0 aromatic carbocycles. The highest BCUT2D eigenvalue weighted by Crippen LogP contribution is 2.09. The normalized spacial score (nSPS) is 10.6. The Balaban J connectivity index is 2.77. The first kappa shape index (κ1) is 12.5. The van der Waals surface area contributed by atoms with Crippen LogP contribution in [0.5, 0.6) is 0 Å². The molecule has 0 saturated heterocycles. The van der Waals surface area contributed by atoms with E-state index in [2.05, 4.69) is 14.7 Å². The molecule has 88 valence electrons. The molecule has 1 amide bonds. The molecule has 0 aliphatic carbocycles. The Morgan fingerprint density at radius 3 is 2.75 bits per heavy atom. The van der Waals surface area contributed by atoms with Crippen molar-refractivity contribution in [1.82, 2.24) is 14.7 Å². The molecule has 0 aliphatic rings. The largest absolute Gasteiger partial charge is 0.452 e. The average molecular weight is 267 g/mol. The first-order chi connectivity index (χ1) is 7.43. The molecule has 1 heterocycles. The number of hydrogen-bond donors (Lipinski definition) is 2. The summed E-state index contributed by atoms with van der Waals surface area (Å²) in [6.07, 6.45) is -0.0501. The van der Waals surface area contributed by atoms with E-state index in [0.29, 0.717) is 0 Å². The number of nitrogens with one attached hydrogen (secondary N) is 2. The topological polar surface area (TPSA) is 110 Å². The summed E-state index contributed by atoms with van der Waals surface area (Å²) in [6, 6.07) is 1.18. The number of hydrogen-bond acceptors (Lipinski definition) is 6. The minimum absolute atomic E-state index is 0.0609. The maximum Gasteiger partial charge on any atom is 0.422 e. The van der Waals surface area contributed by atoms with E-state index < -0.39 is 16.3 Å². The molecule has 0 unspecified atom stereocenters. The fourth-order valence-corrected chi connectivity index (χ4v) is 1.59. The second-order valence-corrected chi connectivity index (χ2v) is 4.23. The van der Waals surface area contributed by atoms with Gasteiger partial charge in [0.1, 0.15) is 17.3 Å². The third-order valence-corrected chi connectivity index (χ3v) is 2.40. The molecule has 16 heavy (non-hydrogen) atoms. The number of nitrogens with zero attached hydrogens (tertiary/aromatic N) is 2. The number of methoxy groups -OCH3 is 1. The van der Waals surface area contributed by atoms with Crippen LogP contribution in [-0.4, -0.2) is 31.6 Å². The highest BCUT2D eigenvalue weighted by Gasteiger charge is 2.15. The van der Waals surface area contributed by atoms with E-state index in [-0.39, 0.29) is 11.0 Å². The van der Waals surface area contributed by atoms with Gasteiger partial charge in [0.25, 0.3) is 0 Å². The molecule has 8 nitrogen and oxygen atoms in total. The third kappa shape index (κ3) is 3.87. The molecule has 0 atom stereocenters. The van der Waals surface area contributed by atoms with E-state index in [4.69, 9.17) is 11.6 Å². The Hall–Kier alpha value is -1.61. The summed E-state index contributed by atoms with van der Waals surface area (Å²) >= 11 is 5.51. The molecule has 0 saturated carbocycles. The third-order valence-electron chi connectivity index (χ3n) is 1.28. The van der Waals surface area contributed by atoms with Gasteiger partial charge in [0.15, 0.2) is 0 Å². The zero-order chi connectivity index (χ0) is 12.2. The van der Waals surface area contributed by atoms with E-state index in [1.54, 1.807) is 4.72 Å². The maximum atomic E-state index is 11.3. The van der Waals surface area contributed by atoms with Crippen LogP contribution in [0.1, 0.15) is 0 Å². The van der Waals surface area contributed by atoms with Gasteiger partial charge in [0.05, 0.1) is 7.11 Å². The molecule has 0 bridgehead atoms. The maximum absolute atomic E-state index is 11.3. The van der Waals surface area contributed by atoms with Crippen molar-refractivity contribution in [3.8, 4) is 0 Å². The Kier molecular flexibility index (Phi) is 3.85. The van der Waals surface area contributed by atoms with E-state index in [9.17, 15) is 13.2 Å². The first-order valence-electron chi connectivity index (χ1n) is 3.79. The molecular weight excluding hydrogens is 260 g/mol. The van der Waals surface area contributed by atoms with Gasteiger partial charge >= 0.3 is 16.3 Å². The fourth-order valence-electron chi connectivity index (χ4n) is 0.704. The number of carbonyl (C=O) groups excluding carboxylic acids is 1. The molecule has 0 radical (unpaired) electrons. The van der Waals surface area contributed by atoms with Crippen molar-refractivity contribution in [2.24, 2.45) is 0 Å². The number of halogens is 1. The number of aromatic nitrogens is 2. The van der Waals surface area contributed by atoms with Crippen LogP contribution in [0.25, 0.3) is 0 Å². The summed E-state index contributed by atoms with van der Waals surface area (Å²) in [5.41, 5.74) is 0. The van der Waals surface area contributed by atoms with Crippen LogP contribution >= 0.6 is 11.6 Å². The van der Waals surface area contributed by atoms with Gasteiger partial charge in [-0.3, -0.25) is 0 Å². The Bertz CT molecular complexity index is 491. The lowest BCUT2D eigenvalue weighted by molar-refractivity contribution is 0.177. The predicted octanol–water partition coefficient (Wildman–Crippen LogP) is 0.143. The molecule has 10 heteroatoms. The van der Waals surface area contributed by atoms with Crippen molar-refractivity contribution >= 4 is 33.7 Å². The van der Waals surface area contributed by atoms with Gasteiger partial charge in [0.2, 0.25) is 0 Å². The average Bonchev–Trinajstić information content (AvgIpc) is 2.15. The smallest absolute Gasteiger partial charge is 0.422 e. The van der Waals surface area contributed by atoms with Crippen LogP contribution in [0.4, 0.5) is 10.6 Å². The fraction of sp³-hybridized carbons (Fsp3) is 0.167. The lowest BCUT2D eigenvalue weighted by Crippen LogP contribution is -2.35. The molecule has 1 rings (SSSR count). The molecule has 0 spiro atoms. The molecule has 1 aromatic rings. The molecule has 2 N–H and O–H groups in total. The number of carbonyl (C=O) groups is 1. The van der Waals surface area contributed by atoms with Crippen LogP contribution in [0.2, 0.25) is 5.15 Å². The minimum atomic E-state index is -4.09. The van der Waals surface area contributed by atoms with Crippen LogP contribution in [0, 0.1) is 0 Å². The number of anilines is 1. The van der Waals surface area contributed by atoms with Crippen LogP contribution in [-0.2, 0) is 14.9 Å². The van der Waals surface area contributed by atoms with E-state index in [1.807, 2.05) is 4.72 Å². The van der Waals surface area contributed by atoms with Gasteiger partial charge in [-0.2, -0.15) is 8.42 Å². The lowest BCUT2D eigenvalue weighted by Gasteiger charge is -2.07. The van der Waals surface area contributed by atoms with Crippen LogP contribution < -0.4 is 9.44 Å². The standard InChI is InChI=1S/C6H7ClN4O4S/c1-15-6(12)11-16(13,14)10-5-2-4(7)8-3-9-5/h2-3H,1H3,(H,11,12)(H,8,9,10). The summed E-state index contributed by atoms with van der Waals surface area (Å²) in [5.74, 6) is -0.0728. The van der Waals surface area contributed by atoms with Gasteiger partial charge in [-0.05, 0) is 0 Å². The molecule has 0 aliphatic heterocycles. The molecular formula is C6H7ClN4O4S. The summed E-state index contributed by atoms with van der Waals surface area (Å²) < 4.78 is 30.1. The van der Waals surface area contributed by atoms with Gasteiger partial charge in [-0.15, -0.1) is 0 Å². The Morgan fingerprint density at radius 1 is 1.50 bits per heavy atom. The lowest BCUT2D eigenvalue weighted by atomic mass is 10.6. The molecule has 0 fully saturated rings. The Morgan fingerprint density at radius 2 is 2.19 bits per heavy atom. The first-order valence-corrected chi connectivity index (χ1v) is 5.65. The summed E-state index contributed by atoms with van der Waals surface area (Å²) in [5, 5.41) is 0.0609. The van der Waals surface area contributed by atoms with E-state index in [1.165, 1.54) is 6.07 Å². The summed E-state index contributed by atoms with van der Waals surface area (Å²) in [6.45, 7) is 0. The van der Waals surface area contributed by atoms with Crippen molar-refractivity contribution < 1.29 is 17.9 Å². The van der Waals surface area contributed by atoms with Gasteiger partial charge < -0.3 is 4.74 Å². The quantitative estimate of drug-likeness (QED) is 0.753. The zero-order valence-electron chi connectivity index (χ0n) is 7.97. The second-order valence-electron chi connectivity index (χ2n) is 2.43.